The topological polar surface area (TPSA) is 87.5 Å². The second-order valence-electron chi connectivity index (χ2n) is 6.16. The third-order valence-corrected chi connectivity index (χ3v) is 5.49. The summed E-state index contributed by atoms with van der Waals surface area (Å²) in [5, 5.41) is 6.21. The van der Waals surface area contributed by atoms with E-state index in [0.717, 1.165) is 17.5 Å². The molecule has 0 saturated heterocycles. The van der Waals surface area contributed by atoms with Gasteiger partial charge in [-0.3, -0.25) is 4.99 Å². The summed E-state index contributed by atoms with van der Waals surface area (Å²) in [7, 11) is -0.0942. The molecule has 0 bridgehead atoms. The first-order chi connectivity index (χ1) is 12.8. The molecule has 0 fully saturated rings. The normalized spacial score (nSPS) is 11.8. The summed E-state index contributed by atoms with van der Waals surface area (Å²) >= 11 is 0. The van der Waals surface area contributed by atoms with Crippen LogP contribution in [0.5, 0.6) is 0 Å². The first-order valence-corrected chi connectivity index (χ1v) is 10.1. The number of hydrogen-bond donors (Lipinski definition) is 3. The molecule has 1 aromatic heterocycles. The van der Waals surface area contributed by atoms with E-state index in [9.17, 15) is 12.8 Å². The van der Waals surface area contributed by atoms with Crippen LogP contribution in [-0.4, -0.2) is 45.6 Å². The first kappa shape index (κ1) is 24.4. The molecule has 0 unspecified atom stereocenters. The Hall–Kier alpha value is -1.66. The van der Waals surface area contributed by atoms with Gasteiger partial charge in [0.25, 0.3) is 0 Å². The van der Waals surface area contributed by atoms with Crippen LogP contribution in [0.3, 0.4) is 0 Å². The Labute approximate surface area is 182 Å². The molecule has 0 aliphatic heterocycles. The predicted molar refractivity (Wildman–Crippen MR) is 120 cm³/mol. The number of benzene rings is 1. The van der Waals surface area contributed by atoms with Gasteiger partial charge in [-0.25, -0.2) is 17.5 Å². The van der Waals surface area contributed by atoms with Gasteiger partial charge in [0.15, 0.2) is 5.96 Å². The van der Waals surface area contributed by atoms with Crippen LogP contribution in [0.1, 0.15) is 11.1 Å². The summed E-state index contributed by atoms with van der Waals surface area (Å²) < 4.78 is 41.6. The second kappa shape index (κ2) is 11.4. The Morgan fingerprint density at radius 3 is 2.50 bits per heavy atom. The molecular formula is C18H27FIN5O2S. The quantitative estimate of drug-likeness (QED) is 0.213. The highest BCUT2D eigenvalue weighted by Gasteiger charge is 2.14. The zero-order valence-corrected chi connectivity index (χ0v) is 19.3. The van der Waals surface area contributed by atoms with E-state index in [0.29, 0.717) is 19.0 Å². The minimum Gasteiger partial charge on any atom is -0.356 e. The van der Waals surface area contributed by atoms with Crippen molar-refractivity contribution < 1.29 is 12.8 Å². The molecule has 0 atom stereocenters. The number of guanidine groups is 1. The summed E-state index contributed by atoms with van der Waals surface area (Å²) in [5.41, 5.74) is 1.98. The average Bonchev–Trinajstić information content (AvgIpc) is 3.06. The molecule has 0 aliphatic rings. The van der Waals surface area contributed by atoms with Crippen molar-refractivity contribution in [2.75, 3.05) is 26.7 Å². The number of aromatic nitrogens is 1. The lowest BCUT2D eigenvalue weighted by molar-refractivity contribution is 0.580. The fraction of sp³-hybridized carbons (Fsp3) is 0.389. The fourth-order valence-electron chi connectivity index (χ4n) is 2.56. The van der Waals surface area contributed by atoms with Gasteiger partial charge in [-0.1, -0.05) is 6.07 Å². The summed E-state index contributed by atoms with van der Waals surface area (Å²) in [6.07, 6.45) is 3.96. The average molecular weight is 523 g/mol. The zero-order chi connectivity index (χ0) is 19.9. The number of aliphatic imine (C=N–C) groups is 1. The van der Waals surface area contributed by atoms with E-state index in [2.05, 4.69) is 20.3 Å². The minimum absolute atomic E-state index is 0. The van der Waals surface area contributed by atoms with Crippen LogP contribution in [0.25, 0.3) is 0 Å². The van der Waals surface area contributed by atoms with Crippen molar-refractivity contribution in [3.63, 3.8) is 0 Å². The molecule has 0 saturated carbocycles. The van der Waals surface area contributed by atoms with Gasteiger partial charge in [0.1, 0.15) is 5.82 Å². The van der Waals surface area contributed by atoms with Gasteiger partial charge in [0, 0.05) is 46.1 Å². The molecule has 0 amide bonds. The van der Waals surface area contributed by atoms with E-state index in [1.54, 1.807) is 43.2 Å². The van der Waals surface area contributed by atoms with Crippen LogP contribution in [0.4, 0.5) is 4.39 Å². The number of nitrogens with one attached hydrogen (secondary N) is 3. The highest BCUT2D eigenvalue weighted by molar-refractivity contribution is 14.0. The van der Waals surface area contributed by atoms with Crippen molar-refractivity contribution in [3.8, 4) is 0 Å². The molecule has 3 N–H and O–H groups in total. The molecule has 0 aliphatic carbocycles. The molecule has 0 radical (unpaired) electrons. The Kier molecular flexibility index (Phi) is 9.90. The SMILES string of the molecule is CN=C(NCCNS(=O)(=O)c1ccn(C)c1)NCCc1ccc(F)cc1C.I. The third-order valence-electron chi connectivity index (χ3n) is 4.04. The molecule has 10 heteroatoms. The van der Waals surface area contributed by atoms with Gasteiger partial charge in [-0.05, 0) is 42.7 Å². The van der Waals surface area contributed by atoms with Crippen LogP contribution < -0.4 is 15.4 Å². The maximum atomic E-state index is 13.1. The molecule has 2 aromatic rings. The molecule has 0 spiro atoms. The Morgan fingerprint density at radius 1 is 1.18 bits per heavy atom. The Bertz CT molecular complexity index is 899. The number of nitrogens with zero attached hydrogens (tertiary/aromatic N) is 2. The van der Waals surface area contributed by atoms with Crippen LogP contribution in [-0.2, 0) is 23.5 Å². The van der Waals surface area contributed by atoms with Crippen molar-refractivity contribution in [3.05, 3.63) is 53.6 Å². The van der Waals surface area contributed by atoms with E-state index in [1.165, 1.54) is 12.1 Å². The lowest BCUT2D eigenvalue weighted by atomic mass is 10.1. The lowest BCUT2D eigenvalue weighted by Gasteiger charge is -2.13. The molecule has 1 heterocycles. The smallest absolute Gasteiger partial charge is 0.242 e. The largest absolute Gasteiger partial charge is 0.356 e. The maximum absolute atomic E-state index is 13.1. The standard InChI is InChI=1S/C18H26FN5O2S.HI/c1-14-12-16(19)5-4-15(14)6-8-21-18(20-2)22-9-10-23-27(25,26)17-7-11-24(3)13-17;/h4-5,7,11-13,23H,6,8-10H2,1-3H3,(H2,20,21,22);1H. The summed E-state index contributed by atoms with van der Waals surface area (Å²) in [5.74, 6) is 0.341. The zero-order valence-electron chi connectivity index (χ0n) is 16.2. The van der Waals surface area contributed by atoms with Crippen molar-refractivity contribution >= 4 is 40.0 Å². The Balaban J connectivity index is 0.00000392. The second-order valence-corrected chi connectivity index (χ2v) is 7.92. The fourth-order valence-corrected chi connectivity index (χ4v) is 3.64. The summed E-state index contributed by atoms with van der Waals surface area (Å²) in [6, 6.07) is 6.30. The minimum atomic E-state index is -3.51. The van der Waals surface area contributed by atoms with Gasteiger partial charge < -0.3 is 15.2 Å². The predicted octanol–water partition coefficient (Wildman–Crippen LogP) is 1.78. The van der Waals surface area contributed by atoms with Gasteiger partial charge in [0.2, 0.25) is 10.0 Å². The maximum Gasteiger partial charge on any atom is 0.242 e. The molecule has 1 aromatic carbocycles. The van der Waals surface area contributed by atoms with E-state index in [4.69, 9.17) is 0 Å². The van der Waals surface area contributed by atoms with E-state index < -0.39 is 10.0 Å². The number of aryl methyl sites for hydroxylation is 2. The monoisotopic (exact) mass is 523 g/mol. The number of hydrogen-bond acceptors (Lipinski definition) is 3. The van der Waals surface area contributed by atoms with Crippen molar-refractivity contribution in [2.24, 2.45) is 12.0 Å². The van der Waals surface area contributed by atoms with Gasteiger partial charge in [-0.2, -0.15) is 0 Å². The number of halogens is 2. The van der Waals surface area contributed by atoms with Gasteiger partial charge >= 0.3 is 0 Å². The van der Waals surface area contributed by atoms with Crippen LogP contribution in [0, 0.1) is 12.7 Å². The molecule has 28 heavy (non-hydrogen) atoms. The summed E-state index contributed by atoms with van der Waals surface area (Å²) in [6.45, 7) is 3.13. The van der Waals surface area contributed by atoms with Crippen molar-refractivity contribution in [2.45, 2.75) is 18.2 Å². The van der Waals surface area contributed by atoms with Crippen LogP contribution >= 0.6 is 24.0 Å². The molecule has 2 rings (SSSR count). The molecule has 156 valence electrons. The highest BCUT2D eigenvalue weighted by Crippen LogP contribution is 2.10. The van der Waals surface area contributed by atoms with Gasteiger partial charge in [0.05, 0.1) is 4.90 Å². The van der Waals surface area contributed by atoms with Crippen molar-refractivity contribution in [1.29, 1.82) is 0 Å². The third kappa shape index (κ3) is 7.40. The van der Waals surface area contributed by atoms with Crippen LogP contribution in [0.2, 0.25) is 0 Å². The van der Waals surface area contributed by atoms with Gasteiger partial charge in [-0.15, -0.1) is 24.0 Å². The van der Waals surface area contributed by atoms with Crippen molar-refractivity contribution in [1.82, 2.24) is 19.9 Å². The first-order valence-electron chi connectivity index (χ1n) is 8.63. The highest BCUT2D eigenvalue weighted by atomic mass is 127. The number of sulfonamides is 1. The number of rotatable bonds is 8. The van der Waals surface area contributed by atoms with Crippen LogP contribution in [0.15, 0.2) is 46.5 Å². The molecule has 7 nitrogen and oxygen atoms in total. The van der Waals surface area contributed by atoms with E-state index in [1.807, 2.05) is 6.92 Å². The lowest BCUT2D eigenvalue weighted by Crippen LogP contribution is -2.42. The molecular weight excluding hydrogens is 496 g/mol. The van der Waals surface area contributed by atoms with E-state index in [-0.39, 0.29) is 41.2 Å². The Morgan fingerprint density at radius 2 is 1.89 bits per heavy atom. The van der Waals surface area contributed by atoms with E-state index >= 15 is 0 Å². The summed E-state index contributed by atoms with van der Waals surface area (Å²) in [4.78, 5) is 4.34.